The van der Waals surface area contributed by atoms with Crippen molar-refractivity contribution in [3.63, 3.8) is 0 Å². The van der Waals surface area contributed by atoms with Gasteiger partial charge < -0.3 is 19.7 Å². The number of carbonyl (C=O) groups excluding carboxylic acids is 2. The third kappa shape index (κ3) is 8.42. The number of amides is 2. The summed E-state index contributed by atoms with van der Waals surface area (Å²) >= 11 is 12.3. The van der Waals surface area contributed by atoms with Gasteiger partial charge in [-0.2, -0.15) is 0 Å². The quantitative estimate of drug-likeness (QED) is 0.369. The molecule has 0 radical (unpaired) electrons. The van der Waals surface area contributed by atoms with Crippen LogP contribution < -0.4 is 19.1 Å². The van der Waals surface area contributed by atoms with E-state index in [1.54, 1.807) is 43.3 Å². The molecule has 1 unspecified atom stereocenters. The van der Waals surface area contributed by atoms with Gasteiger partial charge in [0.25, 0.3) is 0 Å². The van der Waals surface area contributed by atoms with E-state index in [-0.39, 0.29) is 43.8 Å². The third-order valence-electron chi connectivity index (χ3n) is 7.42. The minimum absolute atomic E-state index is 0.0406. The van der Waals surface area contributed by atoms with Gasteiger partial charge in [-0.05, 0) is 56.0 Å². The summed E-state index contributed by atoms with van der Waals surface area (Å²) in [6.45, 7) is 2.76. The molecule has 1 atom stereocenters. The van der Waals surface area contributed by atoms with Crippen LogP contribution in [0.2, 0.25) is 10.0 Å². The van der Waals surface area contributed by atoms with E-state index in [9.17, 15) is 18.0 Å². The molecular weight excluding hydrogens is 589 g/mol. The van der Waals surface area contributed by atoms with E-state index in [1.165, 1.54) is 15.6 Å². The highest BCUT2D eigenvalue weighted by molar-refractivity contribution is 7.92. The highest BCUT2D eigenvalue weighted by Gasteiger charge is 2.29. The highest BCUT2D eigenvalue weighted by Crippen LogP contribution is 2.35. The van der Waals surface area contributed by atoms with Crippen molar-refractivity contribution in [1.29, 1.82) is 0 Å². The second-order valence-electron chi connectivity index (χ2n) is 10.6. The molecule has 12 heteroatoms. The fourth-order valence-electron chi connectivity index (χ4n) is 5.18. The van der Waals surface area contributed by atoms with Gasteiger partial charge in [-0.25, -0.2) is 8.42 Å². The minimum Gasteiger partial charge on any atom is -0.486 e. The van der Waals surface area contributed by atoms with Crippen molar-refractivity contribution >= 4 is 50.7 Å². The first-order valence-electron chi connectivity index (χ1n) is 13.9. The predicted octanol–water partition coefficient (Wildman–Crippen LogP) is 5.18. The molecule has 0 saturated heterocycles. The Balaban J connectivity index is 1.47. The molecule has 1 fully saturated rings. The number of hydrogen-bond donors (Lipinski definition) is 1. The third-order valence-corrected chi connectivity index (χ3v) is 9.35. The molecule has 9 nitrogen and oxygen atoms in total. The number of sulfonamides is 1. The normalized spacial score (nSPS) is 16.1. The molecular formula is C29H37Cl2N3O6S. The molecule has 1 saturated carbocycles. The average Bonchev–Trinajstić information content (AvgIpc) is 2.95. The summed E-state index contributed by atoms with van der Waals surface area (Å²) in [6, 6.07) is 9.45. The predicted molar refractivity (Wildman–Crippen MR) is 160 cm³/mol. The lowest BCUT2D eigenvalue weighted by molar-refractivity contribution is -0.141. The number of nitrogens with one attached hydrogen (secondary N) is 1. The largest absolute Gasteiger partial charge is 0.486 e. The smallest absolute Gasteiger partial charge is 0.242 e. The molecule has 2 aromatic carbocycles. The van der Waals surface area contributed by atoms with Crippen molar-refractivity contribution in [3.8, 4) is 11.5 Å². The lowest BCUT2D eigenvalue weighted by Gasteiger charge is -2.31. The number of hydrogen-bond acceptors (Lipinski definition) is 6. The molecule has 1 N–H and O–H groups in total. The van der Waals surface area contributed by atoms with Crippen molar-refractivity contribution in [2.24, 2.45) is 0 Å². The Kier molecular flexibility index (Phi) is 10.7. The van der Waals surface area contributed by atoms with E-state index >= 15 is 0 Å². The first-order valence-corrected chi connectivity index (χ1v) is 16.5. The Morgan fingerprint density at radius 3 is 2.39 bits per heavy atom. The van der Waals surface area contributed by atoms with Crippen LogP contribution in [0.5, 0.6) is 11.5 Å². The van der Waals surface area contributed by atoms with E-state index in [4.69, 9.17) is 32.7 Å². The second kappa shape index (κ2) is 14.0. The first kappa shape index (κ1) is 31.3. The number of halogens is 2. The summed E-state index contributed by atoms with van der Waals surface area (Å²) in [6.07, 6.45) is 6.59. The molecule has 2 aromatic rings. The molecule has 4 rings (SSSR count). The zero-order valence-corrected chi connectivity index (χ0v) is 25.7. The lowest BCUT2D eigenvalue weighted by Crippen LogP contribution is -2.50. The Labute approximate surface area is 252 Å². The maximum Gasteiger partial charge on any atom is 0.242 e. The zero-order chi connectivity index (χ0) is 29.6. The van der Waals surface area contributed by atoms with Crippen LogP contribution in [0.25, 0.3) is 0 Å². The second-order valence-corrected chi connectivity index (χ2v) is 13.3. The van der Waals surface area contributed by atoms with Crippen molar-refractivity contribution in [1.82, 2.24) is 10.2 Å². The van der Waals surface area contributed by atoms with Gasteiger partial charge >= 0.3 is 0 Å². The Bertz CT molecular complexity index is 1350. The molecule has 0 bridgehead atoms. The Hall–Kier alpha value is -2.69. The van der Waals surface area contributed by atoms with Crippen LogP contribution in [0.1, 0.15) is 57.4 Å². The van der Waals surface area contributed by atoms with Crippen LogP contribution in [0.15, 0.2) is 36.4 Å². The summed E-state index contributed by atoms with van der Waals surface area (Å²) in [7, 11) is -3.65. The molecule has 2 amide bonds. The van der Waals surface area contributed by atoms with Gasteiger partial charge in [-0.3, -0.25) is 13.9 Å². The van der Waals surface area contributed by atoms with E-state index in [1.807, 2.05) is 0 Å². The number of rotatable bonds is 11. The molecule has 224 valence electrons. The first-order chi connectivity index (χ1) is 19.5. The summed E-state index contributed by atoms with van der Waals surface area (Å²) in [5, 5.41) is 3.87. The van der Waals surface area contributed by atoms with Crippen LogP contribution in [-0.2, 0) is 26.2 Å². The fourth-order valence-corrected chi connectivity index (χ4v) is 6.46. The van der Waals surface area contributed by atoms with Crippen LogP contribution in [0.4, 0.5) is 5.69 Å². The minimum atomic E-state index is -3.65. The Morgan fingerprint density at radius 1 is 1.00 bits per heavy atom. The SMILES string of the molecule is CC(C(=O)NC1CCCCC1)N(Cc1ccc(Cl)c(Cl)c1)C(=O)CCCN(c1ccc2c(c1)OCCO2)S(C)(=O)=O. The number of fused-ring (bicyclic) bond motifs is 1. The maximum atomic E-state index is 13.6. The number of ether oxygens (including phenoxy) is 2. The van der Waals surface area contributed by atoms with Gasteiger partial charge in [0, 0.05) is 31.6 Å². The average molecular weight is 627 g/mol. The highest BCUT2D eigenvalue weighted by atomic mass is 35.5. The number of benzene rings is 2. The number of carbonyl (C=O) groups is 2. The van der Waals surface area contributed by atoms with Crippen molar-refractivity contribution in [2.45, 2.75) is 70.5 Å². The summed E-state index contributed by atoms with van der Waals surface area (Å²) in [4.78, 5) is 28.3. The van der Waals surface area contributed by atoms with E-state index < -0.39 is 16.1 Å². The molecule has 0 aromatic heterocycles. The van der Waals surface area contributed by atoms with Gasteiger partial charge in [0.15, 0.2) is 11.5 Å². The van der Waals surface area contributed by atoms with Crippen molar-refractivity contribution in [3.05, 3.63) is 52.0 Å². The van der Waals surface area contributed by atoms with E-state index in [2.05, 4.69) is 5.32 Å². The monoisotopic (exact) mass is 625 g/mol. The van der Waals surface area contributed by atoms with E-state index in [0.717, 1.165) is 37.5 Å². The van der Waals surface area contributed by atoms with Gasteiger partial charge in [0.05, 0.1) is 22.0 Å². The molecule has 2 aliphatic rings. The van der Waals surface area contributed by atoms with Crippen LogP contribution >= 0.6 is 23.2 Å². The van der Waals surface area contributed by atoms with E-state index in [0.29, 0.717) is 40.4 Å². The van der Waals surface area contributed by atoms with Crippen molar-refractivity contribution in [2.75, 3.05) is 30.3 Å². The van der Waals surface area contributed by atoms with Crippen LogP contribution in [0, 0.1) is 0 Å². The number of nitrogens with zero attached hydrogens (tertiary/aromatic N) is 2. The van der Waals surface area contributed by atoms with Gasteiger partial charge in [0.1, 0.15) is 19.3 Å². The van der Waals surface area contributed by atoms with Crippen LogP contribution in [0.3, 0.4) is 0 Å². The lowest BCUT2D eigenvalue weighted by atomic mass is 9.95. The molecule has 41 heavy (non-hydrogen) atoms. The maximum absolute atomic E-state index is 13.6. The summed E-state index contributed by atoms with van der Waals surface area (Å²) < 4.78 is 37.8. The number of anilines is 1. The topological polar surface area (TPSA) is 105 Å². The fraction of sp³-hybridized carbons (Fsp3) is 0.517. The standard InChI is InChI=1S/C29H37Cl2N3O6S/c1-20(29(36)32-22-7-4-3-5-8-22)33(19-21-10-12-24(30)25(31)17-21)28(35)9-6-14-34(41(2,37)38)23-11-13-26-27(18-23)40-16-15-39-26/h10-13,17-18,20,22H,3-9,14-16,19H2,1-2H3,(H,32,36). The van der Waals surface area contributed by atoms with Gasteiger partial charge in [-0.15, -0.1) is 0 Å². The molecule has 1 aliphatic carbocycles. The van der Waals surface area contributed by atoms with Gasteiger partial charge in [-0.1, -0.05) is 48.5 Å². The van der Waals surface area contributed by atoms with Crippen LogP contribution in [-0.4, -0.2) is 63.2 Å². The summed E-state index contributed by atoms with van der Waals surface area (Å²) in [5.41, 5.74) is 1.16. The molecule has 1 heterocycles. The Morgan fingerprint density at radius 2 is 1.71 bits per heavy atom. The van der Waals surface area contributed by atoms with Crippen molar-refractivity contribution < 1.29 is 27.5 Å². The molecule has 1 aliphatic heterocycles. The molecule has 0 spiro atoms. The summed E-state index contributed by atoms with van der Waals surface area (Å²) in [5.74, 6) is 0.559. The zero-order valence-electron chi connectivity index (χ0n) is 23.4. The van der Waals surface area contributed by atoms with Gasteiger partial charge in [0.2, 0.25) is 21.8 Å².